The molecule has 1 N–H and O–H groups in total. The zero-order valence-electron chi connectivity index (χ0n) is 13.6. The third-order valence-electron chi connectivity index (χ3n) is 4.63. The van der Waals surface area contributed by atoms with E-state index in [1.165, 1.54) is 17.5 Å². The van der Waals surface area contributed by atoms with Crippen LogP contribution in [0, 0.1) is 25.1 Å². The Morgan fingerprint density at radius 1 is 1.35 bits per heavy atom. The van der Waals surface area contributed by atoms with Crippen LogP contribution >= 0.6 is 0 Å². The topological polar surface area (TPSA) is 12.0 Å². The number of aryl methyl sites for hydroxylation is 2. The molecule has 112 valence electrons. The third kappa shape index (κ3) is 3.06. The van der Waals surface area contributed by atoms with Gasteiger partial charge in [0.1, 0.15) is 5.82 Å². The Bertz CT molecular complexity index is 491. The second-order valence-corrected chi connectivity index (χ2v) is 7.08. The second-order valence-electron chi connectivity index (χ2n) is 7.08. The standard InChI is InChI=1S/C18H28FN/c1-6-9-20-15-11-18(4,5)8-7-14-10-12(2)17(19)13(3)16(14)15/h10,15,20H,6-9,11H2,1-5H3. The van der Waals surface area contributed by atoms with E-state index < -0.39 is 0 Å². The van der Waals surface area contributed by atoms with E-state index in [0.29, 0.717) is 5.41 Å². The number of fused-ring (bicyclic) bond motifs is 1. The molecule has 1 aromatic rings. The van der Waals surface area contributed by atoms with Crippen LogP contribution in [0.25, 0.3) is 0 Å². The molecule has 0 amide bonds. The number of rotatable bonds is 3. The fourth-order valence-corrected chi connectivity index (χ4v) is 3.47. The van der Waals surface area contributed by atoms with Gasteiger partial charge in [-0.15, -0.1) is 0 Å². The maximum absolute atomic E-state index is 14.3. The van der Waals surface area contributed by atoms with Crippen LogP contribution in [0.1, 0.15) is 68.3 Å². The molecule has 0 bridgehead atoms. The van der Waals surface area contributed by atoms with Crippen molar-refractivity contribution >= 4 is 0 Å². The van der Waals surface area contributed by atoms with Gasteiger partial charge in [-0.3, -0.25) is 0 Å². The number of hydrogen-bond acceptors (Lipinski definition) is 1. The van der Waals surface area contributed by atoms with Crippen LogP contribution in [-0.2, 0) is 6.42 Å². The molecule has 2 rings (SSSR count). The highest BCUT2D eigenvalue weighted by Gasteiger charge is 2.31. The maximum Gasteiger partial charge on any atom is 0.129 e. The Kier molecular flexibility index (Phi) is 4.53. The molecule has 1 aliphatic rings. The number of hydrogen-bond donors (Lipinski definition) is 1. The van der Waals surface area contributed by atoms with Crippen LogP contribution in [0.15, 0.2) is 6.07 Å². The van der Waals surface area contributed by atoms with Crippen molar-refractivity contribution in [1.29, 1.82) is 0 Å². The minimum Gasteiger partial charge on any atom is -0.310 e. The summed E-state index contributed by atoms with van der Waals surface area (Å²) in [5, 5.41) is 3.64. The average molecular weight is 277 g/mol. The molecule has 1 aliphatic carbocycles. The van der Waals surface area contributed by atoms with Crippen LogP contribution < -0.4 is 5.32 Å². The molecule has 1 nitrogen and oxygen atoms in total. The summed E-state index contributed by atoms with van der Waals surface area (Å²) < 4.78 is 14.3. The molecular formula is C18H28FN. The van der Waals surface area contributed by atoms with E-state index in [-0.39, 0.29) is 11.9 Å². The van der Waals surface area contributed by atoms with Crippen LogP contribution in [0.5, 0.6) is 0 Å². The first-order chi connectivity index (χ1) is 9.35. The lowest BCUT2D eigenvalue weighted by Gasteiger charge is -2.28. The van der Waals surface area contributed by atoms with E-state index in [1.807, 2.05) is 13.8 Å². The lowest BCUT2D eigenvalue weighted by molar-refractivity contribution is 0.273. The van der Waals surface area contributed by atoms with Gasteiger partial charge in [0.15, 0.2) is 0 Å². The van der Waals surface area contributed by atoms with E-state index in [2.05, 4.69) is 32.2 Å². The number of nitrogens with one attached hydrogen (secondary N) is 1. The molecule has 20 heavy (non-hydrogen) atoms. The predicted molar refractivity (Wildman–Crippen MR) is 83.6 cm³/mol. The van der Waals surface area contributed by atoms with Gasteiger partial charge in [0.25, 0.3) is 0 Å². The van der Waals surface area contributed by atoms with Crippen molar-refractivity contribution < 1.29 is 4.39 Å². The lowest BCUT2D eigenvalue weighted by atomic mass is 9.82. The predicted octanol–water partition coefficient (Wildman–Crippen LogP) is 4.85. The summed E-state index contributed by atoms with van der Waals surface area (Å²) >= 11 is 0. The highest BCUT2D eigenvalue weighted by Crippen LogP contribution is 2.41. The second kappa shape index (κ2) is 5.85. The largest absolute Gasteiger partial charge is 0.310 e. The first-order valence-corrected chi connectivity index (χ1v) is 7.87. The Morgan fingerprint density at radius 2 is 2.05 bits per heavy atom. The van der Waals surface area contributed by atoms with Gasteiger partial charge in [0, 0.05) is 6.04 Å². The molecule has 0 fully saturated rings. The van der Waals surface area contributed by atoms with Gasteiger partial charge in [0.05, 0.1) is 0 Å². The molecule has 0 radical (unpaired) electrons. The summed E-state index contributed by atoms with van der Waals surface area (Å²) in [7, 11) is 0. The maximum atomic E-state index is 14.3. The normalized spacial score (nSPS) is 21.4. The number of benzene rings is 1. The van der Waals surface area contributed by atoms with Crippen molar-refractivity contribution in [1.82, 2.24) is 5.32 Å². The van der Waals surface area contributed by atoms with Crippen molar-refractivity contribution in [3.63, 3.8) is 0 Å². The highest BCUT2D eigenvalue weighted by molar-refractivity contribution is 5.42. The highest BCUT2D eigenvalue weighted by atomic mass is 19.1. The summed E-state index contributed by atoms with van der Waals surface area (Å²) in [5.74, 6) is -0.0215. The van der Waals surface area contributed by atoms with Crippen molar-refractivity contribution in [2.75, 3.05) is 6.54 Å². The third-order valence-corrected chi connectivity index (χ3v) is 4.63. The molecule has 0 aliphatic heterocycles. The van der Waals surface area contributed by atoms with Gasteiger partial charge in [-0.25, -0.2) is 4.39 Å². The molecule has 2 heteroatoms. The molecule has 0 saturated carbocycles. The van der Waals surface area contributed by atoms with Crippen LogP contribution in [0.2, 0.25) is 0 Å². The first-order valence-electron chi connectivity index (χ1n) is 7.87. The average Bonchev–Trinajstić information content (AvgIpc) is 2.50. The van der Waals surface area contributed by atoms with E-state index in [4.69, 9.17) is 0 Å². The fraction of sp³-hybridized carbons (Fsp3) is 0.667. The first kappa shape index (κ1) is 15.5. The SMILES string of the molecule is CCCNC1CC(C)(C)CCc2cc(C)c(F)c(C)c21. The van der Waals surface area contributed by atoms with Gasteiger partial charge in [-0.05, 0) is 73.7 Å². The summed E-state index contributed by atoms with van der Waals surface area (Å²) in [6.45, 7) is 11.7. The van der Waals surface area contributed by atoms with Crippen molar-refractivity contribution in [2.24, 2.45) is 5.41 Å². The van der Waals surface area contributed by atoms with Crippen molar-refractivity contribution in [3.8, 4) is 0 Å². The molecule has 1 unspecified atom stereocenters. The van der Waals surface area contributed by atoms with Gasteiger partial charge < -0.3 is 5.32 Å². The van der Waals surface area contributed by atoms with E-state index in [1.54, 1.807) is 0 Å². The molecule has 0 saturated heterocycles. The van der Waals surface area contributed by atoms with E-state index >= 15 is 0 Å². The Hall–Kier alpha value is -0.890. The smallest absolute Gasteiger partial charge is 0.129 e. The van der Waals surface area contributed by atoms with Crippen LogP contribution in [0.3, 0.4) is 0 Å². The monoisotopic (exact) mass is 277 g/mol. The Labute approximate surface area is 123 Å². The summed E-state index contributed by atoms with van der Waals surface area (Å²) in [6.07, 6.45) is 4.44. The van der Waals surface area contributed by atoms with Crippen molar-refractivity contribution in [2.45, 2.75) is 66.3 Å². The fourth-order valence-electron chi connectivity index (χ4n) is 3.47. The molecule has 0 heterocycles. The molecular weight excluding hydrogens is 249 g/mol. The minimum atomic E-state index is -0.0215. The van der Waals surface area contributed by atoms with Crippen molar-refractivity contribution in [3.05, 3.63) is 34.1 Å². The van der Waals surface area contributed by atoms with Gasteiger partial charge in [0.2, 0.25) is 0 Å². The minimum absolute atomic E-state index is 0.0215. The van der Waals surface area contributed by atoms with Crippen LogP contribution in [-0.4, -0.2) is 6.54 Å². The van der Waals surface area contributed by atoms with Gasteiger partial charge in [-0.2, -0.15) is 0 Å². The zero-order valence-corrected chi connectivity index (χ0v) is 13.6. The lowest BCUT2D eigenvalue weighted by Crippen LogP contribution is -2.27. The zero-order chi connectivity index (χ0) is 14.9. The summed E-state index contributed by atoms with van der Waals surface area (Å²) in [4.78, 5) is 0. The quantitative estimate of drug-likeness (QED) is 0.779. The van der Waals surface area contributed by atoms with Crippen LogP contribution in [0.4, 0.5) is 4.39 Å². The Morgan fingerprint density at radius 3 is 2.70 bits per heavy atom. The molecule has 1 atom stereocenters. The van der Waals surface area contributed by atoms with Gasteiger partial charge in [-0.1, -0.05) is 26.8 Å². The van der Waals surface area contributed by atoms with E-state index in [9.17, 15) is 4.39 Å². The van der Waals surface area contributed by atoms with Gasteiger partial charge >= 0.3 is 0 Å². The molecule has 0 aromatic heterocycles. The summed E-state index contributed by atoms with van der Waals surface area (Å²) in [5.41, 5.74) is 4.52. The Balaban J connectivity index is 2.48. The molecule has 0 spiro atoms. The van der Waals surface area contributed by atoms with E-state index in [0.717, 1.165) is 36.9 Å². The summed E-state index contributed by atoms with van der Waals surface area (Å²) in [6, 6.07) is 2.36. The molecule has 1 aromatic carbocycles. The number of halogens is 1.